The van der Waals surface area contributed by atoms with E-state index >= 15 is 0 Å². The second-order valence-electron chi connectivity index (χ2n) is 8.93. The SMILES string of the molecule is Cc1cnc(C(=O)N(CCCN)C(C(=O)N(C)C)c2nc3cc(Br)sc3c(=O)n2Cc2ccccc2)cn1. The van der Waals surface area contributed by atoms with Gasteiger partial charge in [0.15, 0.2) is 6.04 Å². The van der Waals surface area contributed by atoms with Crippen LogP contribution in [0.15, 0.2) is 57.4 Å². The Hall–Kier alpha value is -3.48. The molecule has 0 aliphatic rings. The van der Waals surface area contributed by atoms with Crippen LogP contribution >= 0.6 is 27.3 Å². The van der Waals surface area contributed by atoms with Crippen molar-refractivity contribution < 1.29 is 9.59 Å². The standard InChI is InChI=1S/C26H28BrN7O3S/c1-16-13-30-19(14-29-16)24(35)33(11-7-10-28)21(25(36)32(2)3)23-31-18-12-20(27)38-22(18)26(37)34(23)15-17-8-5-4-6-9-17/h4-6,8-9,12-14,21H,7,10-11,15,28H2,1-3H3. The van der Waals surface area contributed by atoms with Gasteiger partial charge in [-0.1, -0.05) is 30.3 Å². The number of amides is 2. The summed E-state index contributed by atoms with van der Waals surface area (Å²) in [5.41, 5.74) is 7.56. The lowest BCUT2D eigenvalue weighted by Gasteiger charge is -2.33. The Morgan fingerprint density at radius 2 is 1.89 bits per heavy atom. The number of hydrogen-bond acceptors (Lipinski definition) is 8. The van der Waals surface area contributed by atoms with Gasteiger partial charge in [-0.25, -0.2) is 9.97 Å². The molecule has 0 aliphatic carbocycles. The Labute approximate surface area is 232 Å². The summed E-state index contributed by atoms with van der Waals surface area (Å²) >= 11 is 4.72. The van der Waals surface area contributed by atoms with Crippen molar-refractivity contribution in [2.75, 3.05) is 27.2 Å². The van der Waals surface area contributed by atoms with E-state index in [0.29, 0.717) is 28.9 Å². The molecule has 1 atom stereocenters. The van der Waals surface area contributed by atoms with E-state index in [0.717, 1.165) is 9.35 Å². The van der Waals surface area contributed by atoms with Crippen LogP contribution in [-0.4, -0.2) is 68.3 Å². The number of rotatable bonds is 9. The second kappa shape index (κ2) is 11.9. The Balaban J connectivity index is 1.96. The van der Waals surface area contributed by atoms with Crippen molar-refractivity contribution in [3.05, 3.63) is 85.7 Å². The van der Waals surface area contributed by atoms with Crippen LogP contribution in [0, 0.1) is 6.92 Å². The predicted octanol–water partition coefficient (Wildman–Crippen LogP) is 2.99. The molecule has 0 spiro atoms. The van der Waals surface area contributed by atoms with E-state index in [4.69, 9.17) is 10.7 Å². The second-order valence-corrected chi connectivity index (χ2v) is 11.4. The largest absolute Gasteiger partial charge is 0.347 e. The molecule has 198 valence electrons. The van der Waals surface area contributed by atoms with Crippen molar-refractivity contribution in [2.45, 2.75) is 25.9 Å². The summed E-state index contributed by atoms with van der Waals surface area (Å²) in [5, 5.41) is 0. The Morgan fingerprint density at radius 1 is 1.16 bits per heavy atom. The molecule has 0 saturated heterocycles. The molecule has 3 aromatic heterocycles. The van der Waals surface area contributed by atoms with Crippen molar-refractivity contribution in [2.24, 2.45) is 5.73 Å². The molecule has 2 N–H and O–H groups in total. The Kier molecular flexibility index (Phi) is 8.65. The van der Waals surface area contributed by atoms with Gasteiger partial charge in [0.25, 0.3) is 17.4 Å². The molecule has 0 fully saturated rings. The van der Waals surface area contributed by atoms with E-state index in [1.165, 1.54) is 38.1 Å². The van der Waals surface area contributed by atoms with Crippen molar-refractivity contribution in [3.8, 4) is 0 Å². The number of nitrogens with zero attached hydrogens (tertiary/aromatic N) is 6. The van der Waals surface area contributed by atoms with Gasteiger partial charge in [-0.3, -0.25) is 23.9 Å². The molecule has 38 heavy (non-hydrogen) atoms. The number of carbonyl (C=O) groups excluding carboxylic acids is 2. The van der Waals surface area contributed by atoms with Crippen molar-refractivity contribution in [1.82, 2.24) is 29.3 Å². The van der Waals surface area contributed by atoms with E-state index in [9.17, 15) is 14.4 Å². The number of aryl methyl sites for hydroxylation is 1. The summed E-state index contributed by atoms with van der Waals surface area (Å²) in [5.74, 6) is -0.739. The minimum Gasteiger partial charge on any atom is -0.347 e. The maximum Gasteiger partial charge on any atom is 0.275 e. The summed E-state index contributed by atoms with van der Waals surface area (Å²) in [6.45, 7) is 2.40. The van der Waals surface area contributed by atoms with Gasteiger partial charge in [-0.15, -0.1) is 11.3 Å². The molecule has 0 radical (unpaired) electrons. The van der Waals surface area contributed by atoms with Crippen LogP contribution in [-0.2, 0) is 11.3 Å². The lowest BCUT2D eigenvalue weighted by atomic mass is 10.1. The van der Waals surface area contributed by atoms with Crippen LogP contribution in [0.4, 0.5) is 0 Å². The fourth-order valence-electron chi connectivity index (χ4n) is 4.01. The average molecular weight is 599 g/mol. The molecule has 4 rings (SSSR count). The fraction of sp³-hybridized carbons (Fsp3) is 0.308. The number of hydrogen-bond donors (Lipinski definition) is 1. The first-order chi connectivity index (χ1) is 18.2. The number of halogens is 1. The van der Waals surface area contributed by atoms with Crippen LogP contribution in [0.1, 0.15) is 40.0 Å². The molecular formula is C26H28BrN7O3S. The van der Waals surface area contributed by atoms with Gasteiger partial charge in [0, 0.05) is 26.8 Å². The molecular weight excluding hydrogens is 570 g/mol. The molecule has 1 unspecified atom stereocenters. The van der Waals surface area contributed by atoms with E-state index in [1.54, 1.807) is 27.1 Å². The van der Waals surface area contributed by atoms with Gasteiger partial charge in [-0.05, 0) is 47.4 Å². The maximum atomic E-state index is 13.8. The smallest absolute Gasteiger partial charge is 0.275 e. The first-order valence-corrected chi connectivity index (χ1v) is 13.6. The van der Waals surface area contributed by atoms with Crippen LogP contribution in [0.25, 0.3) is 10.2 Å². The molecule has 0 bridgehead atoms. The van der Waals surface area contributed by atoms with Crippen LogP contribution in [0.5, 0.6) is 0 Å². The zero-order chi connectivity index (χ0) is 27.4. The molecule has 10 nitrogen and oxygen atoms in total. The highest BCUT2D eigenvalue weighted by Crippen LogP contribution is 2.30. The number of nitrogens with two attached hydrogens (primary N) is 1. The predicted molar refractivity (Wildman–Crippen MR) is 150 cm³/mol. The van der Waals surface area contributed by atoms with Crippen molar-refractivity contribution in [1.29, 1.82) is 0 Å². The highest BCUT2D eigenvalue weighted by molar-refractivity contribution is 9.11. The topological polar surface area (TPSA) is 127 Å². The van der Waals surface area contributed by atoms with Gasteiger partial charge >= 0.3 is 0 Å². The summed E-state index contributed by atoms with van der Waals surface area (Å²) < 4.78 is 2.68. The number of thiophene rings is 1. The molecule has 1 aromatic carbocycles. The third-order valence-corrected chi connectivity index (χ3v) is 7.53. The van der Waals surface area contributed by atoms with Gasteiger partial charge in [0.1, 0.15) is 16.2 Å². The zero-order valence-corrected chi connectivity index (χ0v) is 23.7. The Bertz CT molecular complexity index is 1500. The number of carbonyl (C=O) groups is 2. The number of aromatic nitrogens is 4. The lowest BCUT2D eigenvalue weighted by molar-refractivity contribution is -0.134. The summed E-state index contributed by atoms with van der Waals surface area (Å²) in [6, 6.07) is 9.98. The van der Waals surface area contributed by atoms with Gasteiger partial charge in [0.05, 0.1) is 27.7 Å². The van der Waals surface area contributed by atoms with Gasteiger partial charge in [-0.2, -0.15) is 0 Å². The highest BCUT2D eigenvalue weighted by atomic mass is 79.9. The molecule has 12 heteroatoms. The molecule has 4 aromatic rings. The minimum atomic E-state index is -1.20. The number of benzene rings is 1. The van der Waals surface area contributed by atoms with Crippen molar-refractivity contribution >= 4 is 49.3 Å². The third-order valence-electron chi connectivity index (χ3n) is 5.91. The molecule has 0 saturated carbocycles. The molecule has 2 amide bonds. The zero-order valence-electron chi connectivity index (χ0n) is 21.3. The highest BCUT2D eigenvalue weighted by Gasteiger charge is 2.37. The number of likely N-dealkylation sites (N-methyl/N-ethyl adjacent to an activating group) is 1. The van der Waals surface area contributed by atoms with Crippen LogP contribution in [0.2, 0.25) is 0 Å². The normalized spacial score (nSPS) is 11.9. The fourth-order valence-corrected chi connectivity index (χ4v) is 5.49. The van der Waals surface area contributed by atoms with Crippen molar-refractivity contribution in [3.63, 3.8) is 0 Å². The first kappa shape index (κ1) is 27.6. The molecule has 0 aliphatic heterocycles. The quantitative estimate of drug-likeness (QED) is 0.314. The first-order valence-electron chi connectivity index (χ1n) is 12.0. The van der Waals surface area contributed by atoms with Crippen LogP contribution < -0.4 is 11.3 Å². The minimum absolute atomic E-state index is 0.0838. The van der Waals surface area contributed by atoms with Gasteiger partial charge < -0.3 is 15.5 Å². The third kappa shape index (κ3) is 5.82. The summed E-state index contributed by atoms with van der Waals surface area (Å²) in [4.78, 5) is 57.5. The monoisotopic (exact) mass is 597 g/mol. The van der Waals surface area contributed by atoms with Gasteiger partial charge in [0.2, 0.25) is 0 Å². The Morgan fingerprint density at radius 3 is 2.53 bits per heavy atom. The van der Waals surface area contributed by atoms with E-state index in [-0.39, 0.29) is 30.2 Å². The van der Waals surface area contributed by atoms with E-state index in [1.807, 2.05) is 30.3 Å². The average Bonchev–Trinajstić information content (AvgIpc) is 3.29. The molecule has 3 heterocycles. The summed E-state index contributed by atoms with van der Waals surface area (Å²) in [6.07, 6.45) is 3.31. The number of fused-ring (bicyclic) bond motifs is 1. The van der Waals surface area contributed by atoms with E-state index in [2.05, 4.69) is 25.9 Å². The van der Waals surface area contributed by atoms with Crippen LogP contribution in [0.3, 0.4) is 0 Å². The lowest BCUT2D eigenvalue weighted by Crippen LogP contribution is -2.47. The van der Waals surface area contributed by atoms with E-state index < -0.39 is 17.9 Å². The summed E-state index contributed by atoms with van der Waals surface area (Å²) in [7, 11) is 3.21. The maximum absolute atomic E-state index is 13.8.